The van der Waals surface area contributed by atoms with Crippen LogP contribution in [-0.4, -0.2) is 45.6 Å². The number of nitrogens with one attached hydrogen (secondary N) is 1. The molecule has 2 heterocycles. The van der Waals surface area contributed by atoms with Crippen LogP contribution in [0.3, 0.4) is 0 Å². The van der Waals surface area contributed by atoms with Crippen LogP contribution in [0.1, 0.15) is 29.7 Å². The average Bonchev–Trinajstić information content (AvgIpc) is 2.44. The molecule has 1 fully saturated rings. The van der Waals surface area contributed by atoms with E-state index in [2.05, 4.69) is 10.3 Å². The van der Waals surface area contributed by atoms with E-state index in [1.807, 2.05) is 0 Å². The first-order valence-electron chi connectivity index (χ1n) is 6.77. The molecule has 0 spiro atoms. The number of piperidine rings is 1. The molecule has 3 N–H and O–H groups in total. The third-order valence-electron chi connectivity index (χ3n) is 3.79. The van der Waals surface area contributed by atoms with Crippen molar-refractivity contribution in [3.05, 3.63) is 23.0 Å². The Bertz CT molecular complexity index is 505. The number of likely N-dealkylation sites (N-methyl/N-ethyl adjacent to an activating group) is 1. The van der Waals surface area contributed by atoms with Crippen LogP contribution < -0.4 is 5.32 Å². The van der Waals surface area contributed by atoms with Crippen LogP contribution in [0.5, 0.6) is 5.75 Å². The van der Waals surface area contributed by atoms with E-state index in [4.69, 9.17) is 0 Å². The molecule has 6 nitrogen and oxygen atoms in total. The molecule has 20 heavy (non-hydrogen) atoms. The van der Waals surface area contributed by atoms with E-state index >= 15 is 0 Å². The maximum atomic E-state index is 11.4. The van der Waals surface area contributed by atoms with E-state index in [0.717, 1.165) is 6.42 Å². The Balaban J connectivity index is 2.04. The van der Waals surface area contributed by atoms with Gasteiger partial charge in [-0.2, -0.15) is 0 Å². The fourth-order valence-corrected chi connectivity index (χ4v) is 2.44. The highest BCUT2D eigenvalue weighted by molar-refractivity contribution is 5.76. The minimum absolute atomic E-state index is 0.129. The molecular weight excluding hydrogens is 258 g/mol. The first-order valence-corrected chi connectivity index (χ1v) is 6.77. The molecule has 110 valence electrons. The minimum Gasteiger partial charge on any atom is -0.506 e. The highest BCUT2D eigenvalue weighted by Gasteiger charge is 2.23. The third-order valence-corrected chi connectivity index (χ3v) is 3.79. The van der Waals surface area contributed by atoms with Gasteiger partial charge in [0.05, 0.1) is 12.3 Å². The predicted molar refractivity (Wildman–Crippen MR) is 74.1 cm³/mol. The number of aryl methyl sites for hydroxylation is 1. The molecule has 1 aliphatic heterocycles. The molecule has 1 aromatic rings. The van der Waals surface area contributed by atoms with Gasteiger partial charge in [-0.05, 0) is 13.3 Å². The summed E-state index contributed by atoms with van der Waals surface area (Å²) in [5.74, 6) is 0.297. The fourth-order valence-electron chi connectivity index (χ4n) is 2.44. The van der Waals surface area contributed by atoms with Crippen molar-refractivity contribution in [3.63, 3.8) is 0 Å². The van der Waals surface area contributed by atoms with Gasteiger partial charge in [0.1, 0.15) is 5.75 Å². The van der Waals surface area contributed by atoms with Gasteiger partial charge in [-0.25, -0.2) is 0 Å². The molecule has 0 saturated carbocycles. The zero-order valence-electron chi connectivity index (χ0n) is 11.9. The Morgan fingerprint density at radius 3 is 2.95 bits per heavy atom. The number of pyridine rings is 1. The Kier molecular flexibility index (Phi) is 4.57. The molecule has 1 amide bonds. The number of amides is 1. The largest absolute Gasteiger partial charge is 0.506 e. The number of nitrogens with zero attached hydrogens (tertiary/aromatic N) is 2. The van der Waals surface area contributed by atoms with Gasteiger partial charge in [0, 0.05) is 49.9 Å². The molecule has 6 heteroatoms. The van der Waals surface area contributed by atoms with Crippen molar-refractivity contribution in [2.45, 2.75) is 39.0 Å². The number of aliphatic hydroxyl groups is 1. The topological polar surface area (TPSA) is 85.7 Å². The lowest BCUT2D eigenvalue weighted by Crippen LogP contribution is -2.46. The number of aliphatic hydroxyl groups excluding tert-OH is 1. The van der Waals surface area contributed by atoms with Gasteiger partial charge < -0.3 is 20.4 Å². The highest BCUT2D eigenvalue weighted by atomic mass is 16.3. The minimum atomic E-state index is -0.152. The van der Waals surface area contributed by atoms with Crippen LogP contribution >= 0.6 is 0 Å². The van der Waals surface area contributed by atoms with Crippen molar-refractivity contribution in [1.82, 2.24) is 15.2 Å². The number of carbonyl (C=O) groups excluding carboxylic acids is 1. The summed E-state index contributed by atoms with van der Waals surface area (Å²) in [6, 6.07) is 0.206. The molecule has 0 aromatic carbocycles. The molecule has 0 aliphatic carbocycles. The van der Waals surface area contributed by atoms with Crippen LogP contribution in [0, 0.1) is 6.92 Å². The second-order valence-electron chi connectivity index (χ2n) is 5.24. The Morgan fingerprint density at radius 2 is 2.30 bits per heavy atom. The summed E-state index contributed by atoms with van der Waals surface area (Å²) in [7, 11) is 1.80. The highest BCUT2D eigenvalue weighted by Crippen LogP contribution is 2.24. The van der Waals surface area contributed by atoms with Gasteiger partial charge in [-0.3, -0.25) is 9.78 Å². The van der Waals surface area contributed by atoms with E-state index in [-0.39, 0.29) is 24.3 Å². The fraction of sp³-hybridized carbons (Fsp3) is 0.571. The van der Waals surface area contributed by atoms with E-state index in [1.54, 1.807) is 25.1 Å². The quantitative estimate of drug-likeness (QED) is 0.738. The van der Waals surface area contributed by atoms with Crippen molar-refractivity contribution in [2.24, 2.45) is 0 Å². The van der Waals surface area contributed by atoms with Crippen molar-refractivity contribution < 1.29 is 15.0 Å². The third kappa shape index (κ3) is 3.08. The van der Waals surface area contributed by atoms with Gasteiger partial charge in [-0.1, -0.05) is 0 Å². The lowest BCUT2D eigenvalue weighted by atomic mass is 10.0. The van der Waals surface area contributed by atoms with E-state index in [0.29, 0.717) is 36.3 Å². The van der Waals surface area contributed by atoms with Crippen molar-refractivity contribution in [2.75, 3.05) is 13.6 Å². The number of aromatic nitrogens is 1. The molecule has 1 unspecified atom stereocenters. The Morgan fingerprint density at radius 1 is 1.55 bits per heavy atom. The van der Waals surface area contributed by atoms with Crippen LogP contribution in [0.25, 0.3) is 0 Å². The molecule has 0 radical (unpaired) electrons. The first-order chi connectivity index (χ1) is 9.52. The van der Waals surface area contributed by atoms with E-state index in [1.165, 1.54) is 0 Å². The average molecular weight is 279 g/mol. The molecule has 0 bridgehead atoms. The zero-order chi connectivity index (χ0) is 14.7. The first kappa shape index (κ1) is 14.7. The summed E-state index contributed by atoms with van der Waals surface area (Å²) >= 11 is 0. The second-order valence-corrected chi connectivity index (χ2v) is 5.24. The predicted octanol–water partition coefficient (Wildman–Crippen LogP) is 0.298. The molecule has 1 atom stereocenters. The maximum Gasteiger partial charge on any atom is 0.222 e. The van der Waals surface area contributed by atoms with Gasteiger partial charge in [0.15, 0.2) is 0 Å². The molecule has 1 aliphatic rings. The number of hydrogen-bond acceptors (Lipinski definition) is 5. The molecular formula is C14H21N3O3. The van der Waals surface area contributed by atoms with Gasteiger partial charge >= 0.3 is 0 Å². The smallest absolute Gasteiger partial charge is 0.222 e. The van der Waals surface area contributed by atoms with Gasteiger partial charge in [0.25, 0.3) is 0 Å². The summed E-state index contributed by atoms with van der Waals surface area (Å²) in [4.78, 5) is 17.2. The van der Waals surface area contributed by atoms with Gasteiger partial charge in [-0.15, -0.1) is 0 Å². The SMILES string of the molecule is Cc1ncc(CO)c(CNC2CCC(=O)N(C)C2)c1O. The van der Waals surface area contributed by atoms with E-state index in [9.17, 15) is 15.0 Å². The second kappa shape index (κ2) is 6.19. The molecule has 1 saturated heterocycles. The number of aromatic hydroxyl groups is 1. The standard InChI is InChI=1S/C14H21N3O3/c1-9-14(20)12(10(8-18)5-15-9)6-16-11-3-4-13(19)17(2)7-11/h5,11,16,18,20H,3-4,6-8H2,1-2H3. The van der Waals surface area contributed by atoms with Crippen LogP contribution in [0.15, 0.2) is 6.20 Å². The van der Waals surface area contributed by atoms with Crippen molar-refractivity contribution in [3.8, 4) is 5.75 Å². The number of rotatable bonds is 4. The monoisotopic (exact) mass is 279 g/mol. The summed E-state index contributed by atoms with van der Waals surface area (Å²) in [6.45, 7) is 2.70. The van der Waals surface area contributed by atoms with Crippen LogP contribution in [-0.2, 0) is 17.9 Å². The summed E-state index contributed by atoms with van der Waals surface area (Å²) in [6.07, 6.45) is 2.92. The molecule has 1 aromatic heterocycles. The lowest BCUT2D eigenvalue weighted by Gasteiger charge is -2.30. The van der Waals surface area contributed by atoms with Crippen LogP contribution in [0.2, 0.25) is 0 Å². The number of likely N-dealkylation sites (tertiary alicyclic amines) is 1. The number of carbonyl (C=O) groups is 1. The Hall–Kier alpha value is -1.66. The van der Waals surface area contributed by atoms with E-state index < -0.39 is 0 Å². The lowest BCUT2D eigenvalue weighted by molar-refractivity contribution is -0.132. The summed E-state index contributed by atoms with van der Waals surface area (Å²) < 4.78 is 0. The zero-order valence-corrected chi connectivity index (χ0v) is 11.9. The normalized spacial score (nSPS) is 19.4. The Labute approximate surface area is 118 Å². The number of hydrogen-bond donors (Lipinski definition) is 3. The maximum absolute atomic E-state index is 11.4. The van der Waals surface area contributed by atoms with Crippen molar-refractivity contribution in [1.29, 1.82) is 0 Å². The summed E-state index contributed by atoms with van der Waals surface area (Å²) in [5.41, 5.74) is 1.86. The molecule has 2 rings (SSSR count). The van der Waals surface area contributed by atoms with Gasteiger partial charge in [0.2, 0.25) is 5.91 Å². The van der Waals surface area contributed by atoms with Crippen molar-refractivity contribution >= 4 is 5.91 Å². The summed E-state index contributed by atoms with van der Waals surface area (Å²) in [5, 5.41) is 22.7. The van der Waals surface area contributed by atoms with Crippen LogP contribution in [0.4, 0.5) is 0 Å².